The van der Waals surface area contributed by atoms with Gasteiger partial charge in [0.25, 0.3) is 0 Å². The average Bonchev–Trinajstić information content (AvgIpc) is 3.01. The van der Waals surface area contributed by atoms with Crippen LogP contribution in [-0.4, -0.2) is 40.6 Å². The maximum atomic E-state index is 4.42. The molecule has 1 aliphatic heterocycles. The molecule has 1 saturated heterocycles. The minimum Gasteiger partial charge on any atom is -0.353 e. The molecule has 0 radical (unpaired) electrons. The number of aromatic nitrogens is 2. The van der Waals surface area contributed by atoms with Gasteiger partial charge in [0.2, 0.25) is 5.95 Å². The predicted molar refractivity (Wildman–Crippen MR) is 69.1 cm³/mol. The van der Waals surface area contributed by atoms with E-state index in [4.69, 9.17) is 0 Å². The summed E-state index contributed by atoms with van der Waals surface area (Å²) in [4.78, 5) is 6.86. The van der Waals surface area contributed by atoms with Crippen LogP contribution in [0.15, 0.2) is 12.4 Å². The molecule has 1 aromatic heterocycles. The molecule has 0 amide bonds. The number of nitrogens with zero attached hydrogens (tertiary/aromatic N) is 3. The standard InChI is InChI=1S/C13H22N4/c1-16-7-2-3-11(9-16)10-17-8-6-14-13(17)15-12-4-5-12/h6,8,11-12H,2-5,7,9-10H2,1H3,(H,14,15). The zero-order valence-electron chi connectivity index (χ0n) is 10.6. The van der Waals surface area contributed by atoms with Crippen molar-refractivity contribution in [3.05, 3.63) is 12.4 Å². The number of rotatable bonds is 4. The Hall–Kier alpha value is -1.03. The lowest BCUT2D eigenvalue weighted by Crippen LogP contribution is -2.34. The molecule has 3 rings (SSSR count). The van der Waals surface area contributed by atoms with E-state index in [1.807, 2.05) is 6.20 Å². The summed E-state index contributed by atoms with van der Waals surface area (Å²) in [5, 5.41) is 3.50. The van der Waals surface area contributed by atoms with Crippen molar-refractivity contribution >= 4 is 5.95 Å². The number of hydrogen-bond acceptors (Lipinski definition) is 3. The van der Waals surface area contributed by atoms with E-state index in [2.05, 4.69) is 33.0 Å². The molecule has 0 bridgehead atoms. The number of nitrogens with one attached hydrogen (secondary N) is 1. The molecule has 17 heavy (non-hydrogen) atoms. The number of anilines is 1. The van der Waals surface area contributed by atoms with E-state index in [9.17, 15) is 0 Å². The summed E-state index contributed by atoms with van der Waals surface area (Å²) in [5.41, 5.74) is 0. The minimum atomic E-state index is 0.685. The lowest BCUT2D eigenvalue weighted by Gasteiger charge is -2.30. The third-order valence-corrected chi connectivity index (χ3v) is 3.80. The molecule has 2 heterocycles. The van der Waals surface area contributed by atoms with Crippen LogP contribution >= 0.6 is 0 Å². The average molecular weight is 234 g/mol. The Bertz CT molecular complexity index is 369. The fraction of sp³-hybridized carbons (Fsp3) is 0.769. The third kappa shape index (κ3) is 2.80. The van der Waals surface area contributed by atoms with Crippen molar-refractivity contribution in [2.45, 2.75) is 38.3 Å². The first-order valence-corrected chi connectivity index (χ1v) is 6.77. The molecule has 0 aromatic carbocycles. The van der Waals surface area contributed by atoms with E-state index >= 15 is 0 Å². The van der Waals surface area contributed by atoms with Gasteiger partial charge >= 0.3 is 0 Å². The van der Waals surface area contributed by atoms with E-state index in [1.165, 1.54) is 38.8 Å². The molecular formula is C13H22N4. The zero-order valence-corrected chi connectivity index (χ0v) is 10.6. The van der Waals surface area contributed by atoms with Gasteiger partial charge in [-0.3, -0.25) is 0 Å². The molecule has 4 heteroatoms. The third-order valence-electron chi connectivity index (χ3n) is 3.80. The van der Waals surface area contributed by atoms with Crippen LogP contribution in [0.25, 0.3) is 0 Å². The highest BCUT2D eigenvalue weighted by Crippen LogP contribution is 2.25. The van der Waals surface area contributed by atoms with Crippen LogP contribution in [0, 0.1) is 5.92 Å². The largest absolute Gasteiger partial charge is 0.353 e. The van der Waals surface area contributed by atoms with E-state index in [-0.39, 0.29) is 0 Å². The van der Waals surface area contributed by atoms with Gasteiger partial charge in [-0.1, -0.05) is 0 Å². The van der Waals surface area contributed by atoms with E-state index < -0.39 is 0 Å². The van der Waals surface area contributed by atoms with Crippen molar-refractivity contribution in [1.29, 1.82) is 0 Å². The first-order chi connectivity index (χ1) is 8.31. The van der Waals surface area contributed by atoms with E-state index in [1.54, 1.807) is 0 Å². The van der Waals surface area contributed by atoms with Crippen LogP contribution in [0.2, 0.25) is 0 Å². The quantitative estimate of drug-likeness (QED) is 0.862. The number of imidazole rings is 1. The highest BCUT2D eigenvalue weighted by atomic mass is 15.2. The van der Waals surface area contributed by atoms with Crippen molar-refractivity contribution in [3.8, 4) is 0 Å². The molecule has 1 aromatic rings. The van der Waals surface area contributed by atoms with Gasteiger partial charge in [0.05, 0.1) is 0 Å². The molecular weight excluding hydrogens is 212 g/mol. The highest BCUT2D eigenvalue weighted by Gasteiger charge is 2.23. The second-order valence-corrected chi connectivity index (χ2v) is 5.59. The second kappa shape index (κ2) is 4.69. The molecule has 1 atom stereocenters. The van der Waals surface area contributed by atoms with Crippen LogP contribution in [0.1, 0.15) is 25.7 Å². The van der Waals surface area contributed by atoms with Gasteiger partial charge in [-0.2, -0.15) is 0 Å². The molecule has 1 saturated carbocycles. The minimum absolute atomic E-state index is 0.685. The molecule has 1 aliphatic carbocycles. The van der Waals surface area contributed by atoms with Gasteiger partial charge in [0, 0.05) is 31.5 Å². The highest BCUT2D eigenvalue weighted by molar-refractivity contribution is 5.29. The summed E-state index contributed by atoms with van der Waals surface area (Å²) in [6, 6.07) is 0.685. The predicted octanol–water partition coefficient (Wildman–Crippen LogP) is 1.80. The van der Waals surface area contributed by atoms with Crippen LogP contribution < -0.4 is 5.32 Å². The van der Waals surface area contributed by atoms with Gasteiger partial charge in [0.15, 0.2) is 0 Å². The molecule has 1 unspecified atom stereocenters. The molecule has 1 N–H and O–H groups in total. The Kier molecular flexibility index (Phi) is 3.05. The van der Waals surface area contributed by atoms with Gasteiger partial charge in [0.1, 0.15) is 0 Å². The van der Waals surface area contributed by atoms with Gasteiger partial charge in [-0.15, -0.1) is 0 Å². The summed E-state index contributed by atoms with van der Waals surface area (Å²) in [5.74, 6) is 1.85. The second-order valence-electron chi connectivity index (χ2n) is 5.59. The number of hydrogen-bond donors (Lipinski definition) is 1. The first-order valence-electron chi connectivity index (χ1n) is 6.77. The smallest absolute Gasteiger partial charge is 0.202 e. The van der Waals surface area contributed by atoms with Gasteiger partial charge in [-0.05, 0) is 45.2 Å². The van der Waals surface area contributed by atoms with Gasteiger partial charge in [-0.25, -0.2) is 4.98 Å². The topological polar surface area (TPSA) is 33.1 Å². The normalized spacial score (nSPS) is 26.1. The molecule has 94 valence electrons. The van der Waals surface area contributed by atoms with Crippen molar-refractivity contribution in [2.24, 2.45) is 5.92 Å². The van der Waals surface area contributed by atoms with Crippen LogP contribution in [0.4, 0.5) is 5.95 Å². The SMILES string of the molecule is CN1CCCC(Cn2ccnc2NC2CC2)C1. The first kappa shape index (κ1) is 11.1. The van der Waals surface area contributed by atoms with Crippen molar-refractivity contribution in [1.82, 2.24) is 14.5 Å². The summed E-state index contributed by atoms with van der Waals surface area (Å²) in [7, 11) is 2.23. The molecule has 4 nitrogen and oxygen atoms in total. The molecule has 2 fully saturated rings. The Morgan fingerprint density at radius 3 is 3.06 bits per heavy atom. The van der Waals surface area contributed by atoms with Crippen LogP contribution in [0.5, 0.6) is 0 Å². The Morgan fingerprint density at radius 2 is 2.29 bits per heavy atom. The monoisotopic (exact) mass is 234 g/mol. The number of piperidine rings is 1. The fourth-order valence-electron chi connectivity index (χ4n) is 2.71. The molecule has 0 spiro atoms. The van der Waals surface area contributed by atoms with Crippen molar-refractivity contribution < 1.29 is 0 Å². The summed E-state index contributed by atoms with van der Waals surface area (Å²) in [6.07, 6.45) is 9.32. The Labute approximate surface area is 103 Å². The van der Waals surface area contributed by atoms with Crippen molar-refractivity contribution in [3.63, 3.8) is 0 Å². The van der Waals surface area contributed by atoms with E-state index in [0.29, 0.717) is 6.04 Å². The lowest BCUT2D eigenvalue weighted by atomic mass is 9.98. The van der Waals surface area contributed by atoms with Crippen LogP contribution in [0.3, 0.4) is 0 Å². The summed E-state index contributed by atoms with van der Waals surface area (Å²) < 4.78 is 2.29. The maximum absolute atomic E-state index is 4.42. The summed E-state index contributed by atoms with van der Waals surface area (Å²) in [6.45, 7) is 3.59. The fourth-order valence-corrected chi connectivity index (χ4v) is 2.71. The van der Waals surface area contributed by atoms with E-state index in [0.717, 1.165) is 18.4 Å². The maximum Gasteiger partial charge on any atom is 0.202 e. The lowest BCUT2D eigenvalue weighted by molar-refractivity contribution is 0.195. The van der Waals surface area contributed by atoms with Crippen LogP contribution in [-0.2, 0) is 6.54 Å². The van der Waals surface area contributed by atoms with Gasteiger partial charge < -0.3 is 14.8 Å². The van der Waals surface area contributed by atoms with Crippen molar-refractivity contribution in [2.75, 3.05) is 25.5 Å². The molecule has 2 aliphatic rings. The Balaban J connectivity index is 1.61. The zero-order chi connectivity index (χ0) is 11.7. The summed E-state index contributed by atoms with van der Waals surface area (Å²) >= 11 is 0. The Morgan fingerprint density at radius 1 is 1.41 bits per heavy atom. The number of likely N-dealkylation sites (tertiary alicyclic amines) is 1.